The van der Waals surface area contributed by atoms with Gasteiger partial charge in [0, 0.05) is 12.8 Å². The van der Waals surface area contributed by atoms with E-state index in [1.54, 1.807) is 0 Å². The summed E-state index contributed by atoms with van der Waals surface area (Å²) in [5, 5.41) is 0. The van der Waals surface area contributed by atoms with Crippen LogP contribution in [0.4, 0.5) is 26.3 Å². The third-order valence-electron chi connectivity index (χ3n) is 1.16. The number of hydrogen-bond acceptors (Lipinski definition) is 1. The van der Waals surface area contributed by atoms with Gasteiger partial charge in [-0.3, -0.25) is 4.57 Å². The Kier molecular flexibility index (Phi) is 8.07. The Hall–Kier alpha value is -0.270. The van der Waals surface area contributed by atoms with Gasteiger partial charge in [-0.2, -0.15) is 26.3 Å². The van der Waals surface area contributed by atoms with E-state index in [0.717, 1.165) is 6.92 Å². The third kappa shape index (κ3) is 23.5. The summed E-state index contributed by atoms with van der Waals surface area (Å²) in [4.78, 5) is 14.3. The molecular formula is C6H11F6O3P. The summed E-state index contributed by atoms with van der Waals surface area (Å²) in [6, 6.07) is 0. The molecule has 0 fully saturated rings. The Labute approximate surface area is 88.0 Å². The maximum absolute atomic E-state index is 11.5. The zero-order chi connectivity index (χ0) is 13.6. The van der Waals surface area contributed by atoms with Gasteiger partial charge in [-0.1, -0.05) is 6.92 Å². The molecule has 3 nitrogen and oxygen atoms in total. The van der Waals surface area contributed by atoms with Crippen LogP contribution in [0.1, 0.15) is 19.8 Å². The van der Waals surface area contributed by atoms with E-state index in [0.29, 0.717) is 0 Å². The van der Waals surface area contributed by atoms with Gasteiger partial charge in [-0.15, -0.1) is 0 Å². The van der Waals surface area contributed by atoms with E-state index >= 15 is 0 Å². The van der Waals surface area contributed by atoms with Gasteiger partial charge in [-0.25, -0.2) is 0 Å². The van der Waals surface area contributed by atoms with Crippen molar-refractivity contribution in [2.24, 2.45) is 5.92 Å². The minimum absolute atomic E-state index is 0.932. The van der Waals surface area contributed by atoms with Crippen molar-refractivity contribution in [2.45, 2.75) is 32.1 Å². The van der Waals surface area contributed by atoms with Crippen LogP contribution in [0.15, 0.2) is 0 Å². The first kappa shape index (κ1) is 18.1. The minimum Gasteiger partial charge on any atom is -0.326 e. The Morgan fingerprint density at radius 3 is 1.31 bits per heavy atom. The highest BCUT2D eigenvalue weighted by Gasteiger charge is 2.36. The average molecular weight is 276 g/mol. The van der Waals surface area contributed by atoms with Crippen molar-refractivity contribution in [1.29, 1.82) is 0 Å². The van der Waals surface area contributed by atoms with Crippen LogP contribution in [0.5, 0.6) is 0 Å². The molecule has 0 aromatic heterocycles. The minimum atomic E-state index is -4.51. The molecule has 0 aliphatic heterocycles. The maximum Gasteiger partial charge on any atom is 0.389 e. The monoisotopic (exact) mass is 276 g/mol. The molecule has 0 spiro atoms. The molecular weight excluding hydrogens is 265 g/mol. The second-order valence-corrected chi connectivity index (χ2v) is 3.59. The molecule has 0 radical (unpaired) electrons. The lowest BCUT2D eigenvalue weighted by Crippen LogP contribution is -2.19. The van der Waals surface area contributed by atoms with Gasteiger partial charge in [-0.05, 0) is 5.92 Å². The SMILES string of the molecule is CC(CC(F)(F)F)CC(F)(F)F.O=[PH](O)O. The molecule has 0 aromatic carbocycles. The molecule has 0 aromatic rings. The molecule has 0 atom stereocenters. The van der Waals surface area contributed by atoms with E-state index < -0.39 is 39.4 Å². The summed E-state index contributed by atoms with van der Waals surface area (Å²) in [5.41, 5.74) is 0. The van der Waals surface area contributed by atoms with Gasteiger partial charge < -0.3 is 9.79 Å². The Balaban J connectivity index is 0. The summed E-state index contributed by atoms with van der Waals surface area (Å²) in [7, 11) is -3.13. The fraction of sp³-hybridized carbons (Fsp3) is 1.00. The second-order valence-electron chi connectivity index (χ2n) is 3.03. The van der Waals surface area contributed by atoms with Gasteiger partial charge in [0.15, 0.2) is 0 Å². The highest BCUT2D eigenvalue weighted by molar-refractivity contribution is 7.30. The standard InChI is InChI=1S/C6H8F6.H3O3P/c1-4(2-5(7,8)9)3-6(10,11)12;1-4(2)3/h4H,2-3H2,1H3;4H,(H2,1,2,3). The average Bonchev–Trinajstić information content (AvgIpc) is 1.72. The van der Waals surface area contributed by atoms with Crippen molar-refractivity contribution < 1.29 is 40.7 Å². The predicted octanol–water partition coefficient (Wildman–Crippen LogP) is 2.89. The van der Waals surface area contributed by atoms with Crippen LogP contribution in [0.3, 0.4) is 0 Å². The van der Waals surface area contributed by atoms with E-state index in [1.807, 2.05) is 0 Å². The first-order valence-electron chi connectivity index (χ1n) is 3.89. The van der Waals surface area contributed by atoms with Gasteiger partial charge in [0.1, 0.15) is 0 Å². The van der Waals surface area contributed by atoms with Crippen molar-refractivity contribution in [3.8, 4) is 0 Å². The highest BCUT2D eigenvalue weighted by Crippen LogP contribution is 2.32. The summed E-state index contributed by atoms with van der Waals surface area (Å²) in [6.45, 7) is 0.932. The quantitative estimate of drug-likeness (QED) is 0.602. The lowest BCUT2D eigenvalue weighted by molar-refractivity contribution is -0.170. The van der Waals surface area contributed by atoms with E-state index in [2.05, 4.69) is 0 Å². The molecule has 2 N–H and O–H groups in total. The summed E-state index contributed by atoms with van der Waals surface area (Å²) in [5.74, 6) is -1.40. The summed E-state index contributed by atoms with van der Waals surface area (Å²) < 4.78 is 77.8. The second kappa shape index (κ2) is 7.13. The largest absolute Gasteiger partial charge is 0.389 e. The number of hydrogen-bond donors (Lipinski definition) is 2. The third-order valence-corrected chi connectivity index (χ3v) is 1.16. The first-order chi connectivity index (χ1) is 6.83. The summed E-state index contributed by atoms with van der Waals surface area (Å²) >= 11 is 0. The van der Waals surface area contributed by atoms with Crippen LogP contribution in [0.25, 0.3) is 0 Å². The van der Waals surface area contributed by atoms with Crippen molar-refractivity contribution in [2.75, 3.05) is 0 Å². The molecule has 0 aliphatic carbocycles. The first-order valence-corrected chi connectivity index (χ1v) is 5.19. The zero-order valence-corrected chi connectivity index (χ0v) is 9.06. The molecule has 0 amide bonds. The fourth-order valence-corrected chi connectivity index (χ4v) is 0.862. The number of rotatable bonds is 2. The van der Waals surface area contributed by atoms with Crippen LogP contribution in [-0.4, -0.2) is 22.1 Å². The fourth-order valence-electron chi connectivity index (χ4n) is 0.862. The van der Waals surface area contributed by atoms with Crippen LogP contribution >= 0.6 is 8.25 Å². The molecule has 16 heavy (non-hydrogen) atoms. The highest BCUT2D eigenvalue weighted by atomic mass is 31.1. The van der Waals surface area contributed by atoms with E-state index in [1.165, 1.54) is 0 Å². The van der Waals surface area contributed by atoms with Crippen LogP contribution in [0.2, 0.25) is 0 Å². The van der Waals surface area contributed by atoms with E-state index in [-0.39, 0.29) is 0 Å². The van der Waals surface area contributed by atoms with E-state index in [9.17, 15) is 26.3 Å². The van der Waals surface area contributed by atoms with Crippen molar-refractivity contribution >= 4 is 8.25 Å². The molecule has 0 rings (SSSR count). The molecule has 0 saturated heterocycles. The molecule has 0 bridgehead atoms. The predicted molar refractivity (Wildman–Crippen MR) is 43.9 cm³/mol. The molecule has 0 unspecified atom stereocenters. The Morgan fingerprint density at radius 2 is 1.19 bits per heavy atom. The topological polar surface area (TPSA) is 57.5 Å². The molecule has 0 heterocycles. The van der Waals surface area contributed by atoms with Gasteiger partial charge >= 0.3 is 20.6 Å². The summed E-state index contributed by atoms with van der Waals surface area (Å²) in [6.07, 6.45) is -11.8. The van der Waals surface area contributed by atoms with Crippen LogP contribution in [-0.2, 0) is 4.57 Å². The lowest BCUT2D eigenvalue weighted by atomic mass is 10.0. The van der Waals surface area contributed by atoms with Crippen molar-refractivity contribution in [3.63, 3.8) is 0 Å². The lowest BCUT2D eigenvalue weighted by Gasteiger charge is -2.15. The molecule has 100 valence electrons. The number of alkyl halides is 6. The maximum atomic E-state index is 11.5. The van der Waals surface area contributed by atoms with Crippen LogP contribution < -0.4 is 0 Å². The molecule has 10 heteroatoms. The number of halogens is 6. The zero-order valence-electron chi connectivity index (χ0n) is 8.06. The van der Waals surface area contributed by atoms with Gasteiger partial charge in [0.25, 0.3) is 0 Å². The normalized spacial score (nSPS) is 12.7. The van der Waals surface area contributed by atoms with Gasteiger partial charge in [0.2, 0.25) is 0 Å². The van der Waals surface area contributed by atoms with Crippen molar-refractivity contribution in [1.82, 2.24) is 0 Å². The Bertz CT molecular complexity index is 193. The van der Waals surface area contributed by atoms with E-state index in [4.69, 9.17) is 14.4 Å². The molecule has 0 saturated carbocycles. The smallest absolute Gasteiger partial charge is 0.326 e. The van der Waals surface area contributed by atoms with Gasteiger partial charge in [0.05, 0.1) is 0 Å². The molecule has 0 aliphatic rings. The Morgan fingerprint density at radius 1 is 1.00 bits per heavy atom. The van der Waals surface area contributed by atoms with Crippen LogP contribution in [0, 0.1) is 5.92 Å². The van der Waals surface area contributed by atoms with Crippen molar-refractivity contribution in [3.05, 3.63) is 0 Å².